The Morgan fingerprint density at radius 2 is 1.95 bits per heavy atom. The molecule has 7 heteroatoms. The zero-order chi connectivity index (χ0) is 14.8. The fraction of sp³-hybridized carbons (Fsp3) is 0.462. The topological polar surface area (TPSA) is 75.7 Å². The average Bonchev–Trinajstić information content (AvgIpc) is 2.28. The van der Waals surface area contributed by atoms with Crippen molar-refractivity contribution in [1.29, 1.82) is 0 Å². The van der Waals surface area contributed by atoms with E-state index in [1.165, 1.54) is 4.31 Å². The molecule has 1 N–H and O–H groups in total. The van der Waals surface area contributed by atoms with Crippen LogP contribution in [0.2, 0.25) is 0 Å². The second-order valence-electron chi connectivity index (χ2n) is 4.72. The van der Waals surface area contributed by atoms with Crippen molar-refractivity contribution in [1.82, 2.24) is 4.31 Å². The van der Waals surface area contributed by atoms with Crippen molar-refractivity contribution in [2.75, 3.05) is 31.3 Å². The van der Waals surface area contributed by atoms with Gasteiger partial charge in [0.05, 0.1) is 18.8 Å². The highest BCUT2D eigenvalue weighted by Gasteiger charge is 2.37. The van der Waals surface area contributed by atoms with Crippen molar-refractivity contribution in [2.45, 2.75) is 6.92 Å². The van der Waals surface area contributed by atoms with Crippen LogP contribution in [0.5, 0.6) is 5.75 Å². The summed E-state index contributed by atoms with van der Waals surface area (Å²) >= 11 is 0. The number of nitrogens with zero attached hydrogens (tertiary/aromatic N) is 1. The molecule has 0 aromatic heterocycles. The third-order valence-corrected chi connectivity index (χ3v) is 4.36. The van der Waals surface area contributed by atoms with Crippen LogP contribution in [0.25, 0.3) is 0 Å². The zero-order valence-corrected chi connectivity index (χ0v) is 12.3. The standard InChI is InChI=1S/C13H18N2O4S/c1-3-19-12-6-4-11(5-7-12)14-13(16)10-8-15(9-10)20(2,17)18/h4-7,10H,3,8-9H2,1-2H3,(H,14,16). The number of anilines is 1. The first kappa shape index (κ1) is 14.8. The number of ether oxygens (including phenoxy) is 1. The van der Waals surface area contributed by atoms with E-state index in [1.807, 2.05) is 6.92 Å². The van der Waals surface area contributed by atoms with Crippen LogP contribution in [0.3, 0.4) is 0 Å². The molecular formula is C13H18N2O4S. The van der Waals surface area contributed by atoms with Crippen LogP contribution < -0.4 is 10.1 Å². The van der Waals surface area contributed by atoms with E-state index in [0.29, 0.717) is 12.3 Å². The molecule has 1 aromatic carbocycles. The van der Waals surface area contributed by atoms with Gasteiger partial charge < -0.3 is 10.1 Å². The SMILES string of the molecule is CCOc1ccc(NC(=O)C2CN(S(C)(=O)=O)C2)cc1. The molecular weight excluding hydrogens is 280 g/mol. The van der Waals surface area contributed by atoms with E-state index in [4.69, 9.17) is 4.74 Å². The van der Waals surface area contributed by atoms with Crippen LogP contribution in [0, 0.1) is 5.92 Å². The molecule has 2 rings (SSSR count). The maximum absolute atomic E-state index is 11.9. The van der Waals surface area contributed by atoms with Crippen molar-refractivity contribution in [3.8, 4) is 5.75 Å². The number of carbonyl (C=O) groups is 1. The highest BCUT2D eigenvalue weighted by Crippen LogP contribution is 2.21. The highest BCUT2D eigenvalue weighted by atomic mass is 32.2. The van der Waals surface area contributed by atoms with Crippen LogP contribution in [-0.4, -0.2) is 44.6 Å². The highest BCUT2D eigenvalue weighted by molar-refractivity contribution is 7.88. The number of hydrogen-bond donors (Lipinski definition) is 1. The summed E-state index contributed by atoms with van der Waals surface area (Å²) < 4.78 is 29.0. The molecule has 0 radical (unpaired) electrons. The number of carbonyl (C=O) groups excluding carboxylic acids is 1. The van der Waals surface area contributed by atoms with Gasteiger partial charge in [0.25, 0.3) is 0 Å². The summed E-state index contributed by atoms with van der Waals surface area (Å²) in [6.07, 6.45) is 1.15. The Labute approximate surface area is 118 Å². The maximum Gasteiger partial charge on any atom is 0.230 e. The minimum absolute atomic E-state index is 0.158. The Morgan fingerprint density at radius 1 is 1.35 bits per heavy atom. The van der Waals surface area contributed by atoms with Gasteiger partial charge in [-0.3, -0.25) is 4.79 Å². The summed E-state index contributed by atoms with van der Waals surface area (Å²) in [6.45, 7) is 3.00. The van der Waals surface area contributed by atoms with Crippen LogP contribution in [-0.2, 0) is 14.8 Å². The van der Waals surface area contributed by atoms with Crippen LogP contribution >= 0.6 is 0 Å². The number of amides is 1. The predicted octanol–water partition coefficient (Wildman–Crippen LogP) is 0.915. The lowest BCUT2D eigenvalue weighted by atomic mass is 10.0. The number of benzene rings is 1. The minimum Gasteiger partial charge on any atom is -0.494 e. The summed E-state index contributed by atoms with van der Waals surface area (Å²) in [4.78, 5) is 11.9. The summed E-state index contributed by atoms with van der Waals surface area (Å²) in [5, 5.41) is 2.77. The van der Waals surface area contributed by atoms with Crippen molar-refractivity contribution >= 4 is 21.6 Å². The fourth-order valence-corrected chi connectivity index (χ4v) is 2.82. The predicted molar refractivity (Wildman–Crippen MR) is 76.1 cm³/mol. The molecule has 20 heavy (non-hydrogen) atoms. The Kier molecular flexibility index (Phi) is 4.29. The molecule has 110 valence electrons. The molecule has 1 saturated heterocycles. The quantitative estimate of drug-likeness (QED) is 0.877. The molecule has 0 aliphatic carbocycles. The molecule has 1 fully saturated rings. The van der Waals surface area contributed by atoms with E-state index in [0.717, 1.165) is 12.0 Å². The van der Waals surface area contributed by atoms with Crippen LogP contribution in [0.1, 0.15) is 6.92 Å². The van der Waals surface area contributed by atoms with Crippen molar-refractivity contribution in [3.63, 3.8) is 0 Å². The van der Waals surface area contributed by atoms with Gasteiger partial charge in [0, 0.05) is 18.8 Å². The van der Waals surface area contributed by atoms with Gasteiger partial charge in [-0.1, -0.05) is 0 Å². The van der Waals surface area contributed by atoms with Gasteiger partial charge in [-0.25, -0.2) is 12.7 Å². The Balaban J connectivity index is 1.87. The van der Waals surface area contributed by atoms with Gasteiger partial charge in [-0.15, -0.1) is 0 Å². The summed E-state index contributed by atoms with van der Waals surface area (Å²) in [5.41, 5.74) is 0.677. The largest absolute Gasteiger partial charge is 0.494 e. The van der Waals surface area contributed by atoms with Crippen LogP contribution in [0.15, 0.2) is 24.3 Å². The molecule has 1 aromatic rings. The second kappa shape index (κ2) is 5.80. The third-order valence-electron chi connectivity index (χ3n) is 3.12. The molecule has 6 nitrogen and oxygen atoms in total. The van der Waals surface area contributed by atoms with Gasteiger partial charge in [0.1, 0.15) is 5.75 Å². The number of sulfonamides is 1. The molecule has 0 spiro atoms. The molecule has 1 aliphatic rings. The lowest BCUT2D eigenvalue weighted by Crippen LogP contribution is -2.53. The average molecular weight is 298 g/mol. The summed E-state index contributed by atoms with van der Waals surface area (Å²) in [5.74, 6) is 0.308. The first-order valence-corrected chi connectivity index (χ1v) is 8.24. The number of hydrogen-bond acceptors (Lipinski definition) is 4. The summed E-state index contributed by atoms with van der Waals surface area (Å²) in [7, 11) is -3.18. The first-order chi connectivity index (χ1) is 9.40. The van der Waals surface area contributed by atoms with Crippen LogP contribution in [0.4, 0.5) is 5.69 Å². The van der Waals surface area contributed by atoms with E-state index >= 15 is 0 Å². The third kappa shape index (κ3) is 3.49. The van der Waals surface area contributed by atoms with E-state index < -0.39 is 10.0 Å². The molecule has 1 amide bonds. The molecule has 0 bridgehead atoms. The number of rotatable bonds is 5. The zero-order valence-electron chi connectivity index (χ0n) is 11.5. The van der Waals surface area contributed by atoms with Gasteiger partial charge in [-0.05, 0) is 31.2 Å². The maximum atomic E-state index is 11.9. The lowest BCUT2D eigenvalue weighted by Gasteiger charge is -2.35. The molecule has 1 heterocycles. The fourth-order valence-electron chi connectivity index (χ4n) is 1.92. The second-order valence-corrected chi connectivity index (χ2v) is 6.71. The molecule has 0 unspecified atom stereocenters. The summed E-state index contributed by atoms with van der Waals surface area (Å²) in [6, 6.07) is 7.08. The Bertz CT molecular complexity index is 577. The molecule has 1 aliphatic heterocycles. The normalized spacial score (nSPS) is 16.5. The lowest BCUT2D eigenvalue weighted by molar-refractivity contribution is -0.122. The van der Waals surface area contributed by atoms with Gasteiger partial charge in [0.15, 0.2) is 0 Å². The molecule has 0 atom stereocenters. The van der Waals surface area contributed by atoms with Gasteiger partial charge in [0.2, 0.25) is 15.9 Å². The number of nitrogens with one attached hydrogen (secondary N) is 1. The molecule has 0 saturated carbocycles. The van der Waals surface area contributed by atoms with Crippen molar-refractivity contribution in [2.24, 2.45) is 5.92 Å². The van der Waals surface area contributed by atoms with E-state index in [2.05, 4.69) is 5.32 Å². The van der Waals surface area contributed by atoms with E-state index in [-0.39, 0.29) is 24.9 Å². The Hall–Kier alpha value is -1.60. The van der Waals surface area contributed by atoms with E-state index in [1.54, 1.807) is 24.3 Å². The Morgan fingerprint density at radius 3 is 2.45 bits per heavy atom. The van der Waals surface area contributed by atoms with E-state index in [9.17, 15) is 13.2 Å². The smallest absolute Gasteiger partial charge is 0.230 e. The van der Waals surface area contributed by atoms with Gasteiger partial charge in [-0.2, -0.15) is 0 Å². The van der Waals surface area contributed by atoms with Crippen molar-refractivity contribution < 1.29 is 17.9 Å². The van der Waals surface area contributed by atoms with Crippen molar-refractivity contribution in [3.05, 3.63) is 24.3 Å². The first-order valence-electron chi connectivity index (χ1n) is 6.39. The minimum atomic E-state index is -3.18. The van der Waals surface area contributed by atoms with Gasteiger partial charge >= 0.3 is 0 Å². The monoisotopic (exact) mass is 298 g/mol.